The highest BCUT2D eigenvalue weighted by Crippen LogP contribution is 2.10. The molecule has 1 aromatic heterocycles. The Morgan fingerprint density at radius 2 is 2.12 bits per heavy atom. The molecule has 0 fully saturated rings. The average Bonchev–Trinajstić information content (AvgIpc) is 2.29. The maximum atomic E-state index is 5.17. The van der Waals surface area contributed by atoms with Crippen molar-refractivity contribution in [3.63, 3.8) is 0 Å². The van der Waals surface area contributed by atoms with Crippen molar-refractivity contribution in [2.75, 3.05) is 19.0 Å². The van der Waals surface area contributed by atoms with Gasteiger partial charge in [0.1, 0.15) is 0 Å². The number of hydrogen-bond donors (Lipinski definition) is 1. The molecule has 5 heteroatoms. The van der Waals surface area contributed by atoms with Gasteiger partial charge in [-0.15, -0.1) is 0 Å². The maximum Gasteiger partial charge on any atom is 0.222 e. The SMILES string of the molecule is CCCCC(COC)Nc1ncc(Br)cn1. The van der Waals surface area contributed by atoms with Gasteiger partial charge in [-0.05, 0) is 22.4 Å². The Hall–Kier alpha value is -0.680. The van der Waals surface area contributed by atoms with Crippen molar-refractivity contribution >= 4 is 21.9 Å². The summed E-state index contributed by atoms with van der Waals surface area (Å²) in [6.45, 7) is 2.86. The molecule has 0 aliphatic heterocycles. The van der Waals surface area contributed by atoms with Gasteiger partial charge in [0.15, 0.2) is 0 Å². The Morgan fingerprint density at radius 3 is 2.69 bits per heavy atom. The fourth-order valence-electron chi connectivity index (χ4n) is 1.42. The monoisotopic (exact) mass is 287 g/mol. The molecule has 0 spiro atoms. The molecule has 16 heavy (non-hydrogen) atoms. The highest BCUT2D eigenvalue weighted by atomic mass is 79.9. The highest BCUT2D eigenvalue weighted by molar-refractivity contribution is 9.10. The van der Waals surface area contributed by atoms with Crippen molar-refractivity contribution in [2.24, 2.45) is 0 Å². The van der Waals surface area contributed by atoms with E-state index < -0.39 is 0 Å². The number of anilines is 1. The van der Waals surface area contributed by atoms with Crippen LogP contribution in [0.4, 0.5) is 5.95 Å². The quantitative estimate of drug-likeness (QED) is 0.838. The first kappa shape index (κ1) is 13.4. The normalized spacial score (nSPS) is 12.4. The van der Waals surface area contributed by atoms with E-state index in [9.17, 15) is 0 Å². The van der Waals surface area contributed by atoms with Crippen LogP contribution in [-0.2, 0) is 4.74 Å². The number of aromatic nitrogens is 2. The van der Waals surface area contributed by atoms with Gasteiger partial charge in [0, 0.05) is 19.5 Å². The first-order valence-electron chi connectivity index (χ1n) is 5.49. The summed E-state index contributed by atoms with van der Waals surface area (Å²) in [6.07, 6.45) is 6.91. The van der Waals surface area contributed by atoms with Crippen molar-refractivity contribution in [3.8, 4) is 0 Å². The number of nitrogens with zero attached hydrogens (tertiary/aromatic N) is 2. The van der Waals surface area contributed by atoms with Crippen LogP contribution >= 0.6 is 15.9 Å². The van der Waals surface area contributed by atoms with Gasteiger partial charge in [-0.2, -0.15) is 0 Å². The number of halogens is 1. The minimum absolute atomic E-state index is 0.283. The lowest BCUT2D eigenvalue weighted by molar-refractivity contribution is 0.181. The van der Waals surface area contributed by atoms with Crippen LogP contribution in [-0.4, -0.2) is 29.7 Å². The smallest absolute Gasteiger partial charge is 0.222 e. The summed E-state index contributed by atoms with van der Waals surface area (Å²) in [6, 6.07) is 0.283. The lowest BCUT2D eigenvalue weighted by atomic mass is 10.1. The molecule has 1 unspecified atom stereocenters. The van der Waals surface area contributed by atoms with Gasteiger partial charge in [0.25, 0.3) is 0 Å². The van der Waals surface area contributed by atoms with Gasteiger partial charge in [0.2, 0.25) is 5.95 Å². The van der Waals surface area contributed by atoms with E-state index in [0.717, 1.165) is 10.9 Å². The van der Waals surface area contributed by atoms with Crippen LogP contribution in [0.5, 0.6) is 0 Å². The Balaban J connectivity index is 2.49. The van der Waals surface area contributed by atoms with Gasteiger partial charge in [0.05, 0.1) is 17.1 Å². The van der Waals surface area contributed by atoms with Crippen LogP contribution in [0.2, 0.25) is 0 Å². The first-order chi connectivity index (χ1) is 7.76. The summed E-state index contributed by atoms with van der Waals surface area (Å²) < 4.78 is 6.05. The van der Waals surface area contributed by atoms with E-state index in [-0.39, 0.29) is 6.04 Å². The van der Waals surface area contributed by atoms with E-state index in [1.807, 2.05) is 0 Å². The highest BCUT2D eigenvalue weighted by Gasteiger charge is 2.08. The predicted octanol–water partition coefficient (Wildman–Crippen LogP) is 2.86. The third kappa shape index (κ3) is 4.90. The summed E-state index contributed by atoms with van der Waals surface area (Å²) in [7, 11) is 1.71. The van der Waals surface area contributed by atoms with E-state index in [1.165, 1.54) is 12.8 Å². The van der Waals surface area contributed by atoms with E-state index in [2.05, 4.69) is 38.1 Å². The fraction of sp³-hybridized carbons (Fsp3) is 0.636. The third-order valence-corrected chi connectivity index (χ3v) is 2.64. The second-order valence-corrected chi connectivity index (χ2v) is 4.58. The molecule has 0 amide bonds. The second-order valence-electron chi connectivity index (χ2n) is 3.66. The first-order valence-corrected chi connectivity index (χ1v) is 6.28. The van der Waals surface area contributed by atoms with Gasteiger partial charge in [-0.25, -0.2) is 9.97 Å². The zero-order valence-electron chi connectivity index (χ0n) is 9.74. The molecular weight excluding hydrogens is 270 g/mol. The Bertz CT molecular complexity index is 292. The number of unbranched alkanes of at least 4 members (excludes halogenated alkanes) is 1. The minimum Gasteiger partial charge on any atom is -0.383 e. The Morgan fingerprint density at radius 1 is 1.44 bits per heavy atom. The zero-order chi connectivity index (χ0) is 11.8. The molecule has 1 aromatic rings. The molecule has 90 valence electrons. The summed E-state index contributed by atoms with van der Waals surface area (Å²) in [4.78, 5) is 8.37. The molecule has 4 nitrogen and oxygen atoms in total. The van der Waals surface area contributed by atoms with E-state index in [4.69, 9.17) is 4.74 Å². The minimum atomic E-state index is 0.283. The largest absolute Gasteiger partial charge is 0.383 e. The van der Waals surface area contributed by atoms with E-state index in [1.54, 1.807) is 19.5 Å². The van der Waals surface area contributed by atoms with Crippen LogP contribution in [0.15, 0.2) is 16.9 Å². The molecule has 0 aliphatic rings. The van der Waals surface area contributed by atoms with Crippen molar-refractivity contribution in [3.05, 3.63) is 16.9 Å². The number of rotatable bonds is 7. The van der Waals surface area contributed by atoms with Crippen LogP contribution in [0.3, 0.4) is 0 Å². The van der Waals surface area contributed by atoms with Crippen LogP contribution in [0.25, 0.3) is 0 Å². The van der Waals surface area contributed by atoms with Crippen LogP contribution in [0.1, 0.15) is 26.2 Å². The third-order valence-electron chi connectivity index (χ3n) is 2.23. The summed E-state index contributed by atoms with van der Waals surface area (Å²) in [5.74, 6) is 0.654. The zero-order valence-corrected chi connectivity index (χ0v) is 11.3. The van der Waals surface area contributed by atoms with Crippen molar-refractivity contribution in [1.29, 1.82) is 0 Å². The molecular formula is C11H18BrN3O. The lowest BCUT2D eigenvalue weighted by Gasteiger charge is -2.17. The van der Waals surface area contributed by atoms with Crippen LogP contribution < -0.4 is 5.32 Å². The standard InChI is InChI=1S/C11H18BrN3O/c1-3-4-5-10(8-16-2)15-11-13-6-9(12)7-14-11/h6-7,10H,3-5,8H2,1-2H3,(H,13,14,15). The number of nitrogens with one attached hydrogen (secondary N) is 1. The fourth-order valence-corrected chi connectivity index (χ4v) is 1.62. The molecule has 0 bridgehead atoms. The number of hydrogen-bond acceptors (Lipinski definition) is 4. The molecule has 0 saturated heterocycles. The molecule has 1 atom stereocenters. The molecule has 0 saturated carbocycles. The Labute approximate surface area is 105 Å². The van der Waals surface area contributed by atoms with Crippen molar-refractivity contribution in [1.82, 2.24) is 9.97 Å². The van der Waals surface area contributed by atoms with Gasteiger partial charge in [-0.3, -0.25) is 0 Å². The molecule has 1 rings (SSSR count). The van der Waals surface area contributed by atoms with E-state index in [0.29, 0.717) is 12.6 Å². The second kappa shape index (κ2) is 7.57. The molecule has 0 radical (unpaired) electrons. The van der Waals surface area contributed by atoms with Gasteiger partial charge >= 0.3 is 0 Å². The number of ether oxygens (including phenoxy) is 1. The van der Waals surface area contributed by atoms with E-state index >= 15 is 0 Å². The van der Waals surface area contributed by atoms with Gasteiger partial charge in [-0.1, -0.05) is 19.8 Å². The number of methoxy groups -OCH3 is 1. The van der Waals surface area contributed by atoms with Crippen molar-refractivity contribution < 1.29 is 4.74 Å². The summed E-state index contributed by atoms with van der Waals surface area (Å²) in [5, 5.41) is 3.27. The molecule has 1 heterocycles. The summed E-state index contributed by atoms with van der Waals surface area (Å²) in [5.41, 5.74) is 0. The molecule has 1 N–H and O–H groups in total. The predicted molar refractivity (Wildman–Crippen MR) is 68.5 cm³/mol. The van der Waals surface area contributed by atoms with Crippen molar-refractivity contribution in [2.45, 2.75) is 32.2 Å². The summed E-state index contributed by atoms with van der Waals surface area (Å²) >= 11 is 3.31. The Kier molecular flexibility index (Phi) is 6.33. The maximum absolute atomic E-state index is 5.17. The molecule has 0 aromatic carbocycles. The lowest BCUT2D eigenvalue weighted by Crippen LogP contribution is -2.25. The molecule has 0 aliphatic carbocycles. The topological polar surface area (TPSA) is 47.0 Å². The van der Waals surface area contributed by atoms with Crippen LogP contribution in [0, 0.1) is 0 Å². The van der Waals surface area contributed by atoms with Gasteiger partial charge < -0.3 is 10.1 Å². The average molecular weight is 288 g/mol.